The largest absolute Gasteiger partial charge is 0.396 e. The lowest BCUT2D eigenvalue weighted by atomic mass is 10.1. The molecule has 1 amide bonds. The molecule has 1 saturated heterocycles. The Morgan fingerprint density at radius 3 is 2.75 bits per heavy atom. The number of nitrogens with zero attached hydrogens (tertiary/aromatic N) is 1. The third-order valence-electron chi connectivity index (χ3n) is 2.98. The minimum atomic E-state index is 0.0577. The van der Waals surface area contributed by atoms with Crippen molar-refractivity contribution in [1.82, 2.24) is 10.2 Å². The van der Waals surface area contributed by atoms with Crippen molar-refractivity contribution in [3.8, 4) is 0 Å². The molecule has 94 valence electrons. The summed E-state index contributed by atoms with van der Waals surface area (Å²) in [5.74, 6) is 0.568. The minimum absolute atomic E-state index is 0.0577. The van der Waals surface area contributed by atoms with Gasteiger partial charge in [-0.05, 0) is 38.3 Å². The fraction of sp³-hybridized carbons (Fsp3) is 0.917. The smallest absolute Gasteiger partial charge is 0.220 e. The average Bonchev–Trinajstić information content (AvgIpc) is 2.76. The number of amides is 1. The second-order valence-corrected chi connectivity index (χ2v) is 4.74. The molecular weight excluding hydrogens is 204 g/mol. The molecule has 0 bridgehead atoms. The predicted molar refractivity (Wildman–Crippen MR) is 64.2 cm³/mol. The van der Waals surface area contributed by atoms with Crippen molar-refractivity contribution in [2.75, 3.05) is 32.8 Å². The van der Waals surface area contributed by atoms with Crippen LogP contribution in [0, 0.1) is 5.92 Å². The van der Waals surface area contributed by atoms with Crippen LogP contribution < -0.4 is 5.32 Å². The van der Waals surface area contributed by atoms with Gasteiger partial charge in [0.05, 0.1) is 0 Å². The van der Waals surface area contributed by atoms with Gasteiger partial charge in [-0.3, -0.25) is 4.79 Å². The molecule has 4 heteroatoms. The van der Waals surface area contributed by atoms with Crippen LogP contribution >= 0.6 is 0 Å². The average molecular weight is 228 g/mol. The summed E-state index contributed by atoms with van der Waals surface area (Å²) >= 11 is 0. The van der Waals surface area contributed by atoms with Gasteiger partial charge >= 0.3 is 0 Å². The summed E-state index contributed by atoms with van der Waals surface area (Å²) in [5.41, 5.74) is 0. The van der Waals surface area contributed by atoms with Crippen LogP contribution in [-0.4, -0.2) is 48.7 Å². The Balaban J connectivity index is 2.04. The fourth-order valence-corrected chi connectivity index (χ4v) is 2.09. The molecule has 2 N–H and O–H groups in total. The van der Waals surface area contributed by atoms with E-state index >= 15 is 0 Å². The third-order valence-corrected chi connectivity index (χ3v) is 2.98. The van der Waals surface area contributed by atoms with Gasteiger partial charge in [0, 0.05) is 26.1 Å². The van der Waals surface area contributed by atoms with Crippen LogP contribution in [0.15, 0.2) is 0 Å². The molecule has 0 aromatic heterocycles. The molecule has 1 aliphatic rings. The second kappa shape index (κ2) is 7.63. The molecule has 1 rings (SSSR count). The molecule has 0 aromatic rings. The molecule has 16 heavy (non-hydrogen) atoms. The van der Waals surface area contributed by atoms with E-state index in [1.165, 1.54) is 25.9 Å². The zero-order chi connectivity index (χ0) is 11.8. The maximum Gasteiger partial charge on any atom is 0.220 e. The van der Waals surface area contributed by atoms with Crippen molar-refractivity contribution < 1.29 is 9.90 Å². The molecule has 1 aliphatic heterocycles. The quantitative estimate of drug-likeness (QED) is 0.671. The Morgan fingerprint density at radius 1 is 1.44 bits per heavy atom. The predicted octanol–water partition coefficient (Wildman–Crippen LogP) is 0.607. The fourth-order valence-electron chi connectivity index (χ4n) is 2.09. The lowest BCUT2D eigenvalue weighted by Crippen LogP contribution is -2.34. The highest BCUT2D eigenvalue weighted by molar-refractivity contribution is 5.75. The second-order valence-electron chi connectivity index (χ2n) is 4.74. The van der Waals surface area contributed by atoms with Crippen LogP contribution in [0.3, 0.4) is 0 Å². The van der Waals surface area contributed by atoms with E-state index in [9.17, 15) is 4.79 Å². The first-order valence-corrected chi connectivity index (χ1v) is 6.32. The van der Waals surface area contributed by atoms with Gasteiger partial charge in [0.25, 0.3) is 0 Å². The van der Waals surface area contributed by atoms with E-state index in [2.05, 4.69) is 17.1 Å². The number of hydrogen-bond donors (Lipinski definition) is 2. The van der Waals surface area contributed by atoms with Gasteiger partial charge in [-0.25, -0.2) is 0 Å². The maximum atomic E-state index is 11.3. The van der Waals surface area contributed by atoms with Crippen molar-refractivity contribution in [1.29, 1.82) is 0 Å². The van der Waals surface area contributed by atoms with Gasteiger partial charge in [0.2, 0.25) is 5.91 Å². The van der Waals surface area contributed by atoms with Gasteiger partial charge in [-0.2, -0.15) is 0 Å². The van der Waals surface area contributed by atoms with E-state index in [1.807, 2.05) is 0 Å². The van der Waals surface area contributed by atoms with Gasteiger partial charge in [-0.15, -0.1) is 0 Å². The molecule has 0 radical (unpaired) electrons. The summed E-state index contributed by atoms with van der Waals surface area (Å²) in [6.07, 6.45) is 3.63. The number of hydrogen-bond acceptors (Lipinski definition) is 3. The van der Waals surface area contributed by atoms with E-state index in [0.29, 0.717) is 18.8 Å². The van der Waals surface area contributed by atoms with E-state index in [-0.39, 0.29) is 12.5 Å². The van der Waals surface area contributed by atoms with Crippen LogP contribution in [0.1, 0.15) is 32.6 Å². The van der Waals surface area contributed by atoms with E-state index in [1.54, 1.807) is 0 Å². The molecule has 0 aliphatic carbocycles. The van der Waals surface area contributed by atoms with Gasteiger partial charge in [0.15, 0.2) is 0 Å². The molecule has 0 aromatic carbocycles. The van der Waals surface area contributed by atoms with E-state index < -0.39 is 0 Å². The summed E-state index contributed by atoms with van der Waals surface area (Å²) in [6.45, 7) is 6.52. The Morgan fingerprint density at radius 2 is 2.12 bits per heavy atom. The Kier molecular flexibility index (Phi) is 6.42. The lowest BCUT2D eigenvalue weighted by molar-refractivity contribution is -0.121. The van der Waals surface area contributed by atoms with Gasteiger partial charge in [-0.1, -0.05) is 6.92 Å². The molecule has 0 saturated carbocycles. The number of nitrogens with one attached hydrogen (secondary N) is 1. The van der Waals surface area contributed by atoms with Crippen LogP contribution in [0.5, 0.6) is 0 Å². The molecule has 0 spiro atoms. The maximum absolute atomic E-state index is 11.3. The zero-order valence-corrected chi connectivity index (χ0v) is 10.2. The van der Waals surface area contributed by atoms with Crippen molar-refractivity contribution in [3.63, 3.8) is 0 Å². The number of carbonyl (C=O) groups is 1. The summed E-state index contributed by atoms with van der Waals surface area (Å²) in [7, 11) is 0. The van der Waals surface area contributed by atoms with Crippen LogP contribution in [0.4, 0.5) is 0 Å². The number of aliphatic hydroxyl groups is 1. The number of aliphatic hydroxyl groups excluding tert-OH is 1. The number of likely N-dealkylation sites (tertiary alicyclic amines) is 1. The number of carbonyl (C=O) groups excluding carboxylic acids is 1. The van der Waals surface area contributed by atoms with E-state index in [0.717, 1.165) is 13.1 Å². The van der Waals surface area contributed by atoms with Crippen LogP contribution in [0.25, 0.3) is 0 Å². The monoisotopic (exact) mass is 228 g/mol. The van der Waals surface area contributed by atoms with Gasteiger partial charge < -0.3 is 15.3 Å². The van der Waals surface area contributed by atoms with Crippen LogP contribution in [0.2, 0.25) is 0 Å². The first-order valence-electron chi connectivity index (χ1n) is 6.32. The molecule has 1 heterocycles. The first kappa shape index (κ1) is 13.5. The van der Waals surface area contributed by atoms with Crippen molar-refractivity contribution >= 4 is 5.91 Å². The summed E-state index contributed by atoms with van der Waals surface area (Å²) in [4.78, 5) is 13.8. The third kappa shape index (κ3) is 5.47. The van der Waals surface area contributed by atoms with Crippen molar-refractivity contribution in [3.05, 3.63) is 0 Å². The summed E-state index contributed by atoms with van der Waals surface area (Å²) in [6, 6.07) is 0. The first-order chi connectivity index (χ1) is 7.72. The van der Waals surface area contributed by atoms with E-state index in [4.69, 9.17) is 5.11 Å². The lowest BCUT2D eigenvalue weighted by Gasteiger charge is -2.20. The Hall–Kier alpha value is -0.610. The Labute approximate surface area is 98.0 Å². The highest BCUT2D eigenvalue weighted by Gasteiger charge is 2.14. The molecule has 1 fully saturated rings. The Bertz CT molecular complexity index is 203. The van der Waals surface area contributed by atoms with Crippen molar-refractivity contribution in [2.45, 2.75) is 32.6 Å². The minimum Gasteiger partial charge on any atom is -0.396 e. The topological polar surface area (TPSA) is 52.6 Å². The molecular formula is C12H24N2O2. The van der Waals surface area contributed by atoms with Crippen molar-refractivity contribution in [2.24, 2.45) is 5.92 Å². The highest BCUT2D eigenvalue weighted by Crippen LogP contribution is 2.09. The molecule has 1 atom stereocenters. The molecule has 1 unspecified atom stereocenters. The zero-order valence-electron chi connectivity index (χ0n) is 10.2. The molecule has 4 nitrogen and oxygen atoms in total. The van der Waals surface area contributed by atoms with Crippen LogP contribution in [-0.2, 0) is 4.79 Å². The highest BCUT2D eigenvalue weighted by atomic mass is 16.3. The summed E-state index contributed by atoms with van der Waals surface area (Å²) in [5, 5.41) is 11.5. The SMILES string of the molecule is CC(CNC(=O)CCCO)CN1CCCC1. The summed E-state index contributed by atoms with van der Waals surface area (Å²) < 4.78 is 0. The number of rotatable bonds is 7. The standard InChI is InChI=1S/C12H24N2O2/c1-11(10-14-6-2-3-7-14)9-13-12(16)5-4-8-15/h11,15H,2-10H2,1H3,(H,13,16). The normalized spacial score (nSPS) is 18.6. The van der Waals surface area contributed by atoms with Gasteiger partial charge in [0.1, 0.15) is 0 Å².